The number of urea groups is 1. The van der Waals surface area contributed by atoms with Crippen molar-refractivity contribution in [3.8, 4) is 0 Å². The molecule has 1 aromatic rings. The van der Waals surface area contributed by atoms with Crippen molar-refractivity contribution >= 4 is 17.4 Å². The maximum atomic E-state index is 12.2. The summed E-state index contributed by atoms with van der Waals surface area (Å²) in [5.41, 5.74) is 1.93. The van der Waals surface area contributed by atoms with E-state index in [-0.39, 0.29) is 6.03 Å². The number of benzene rings is 1. The number of morpholine rings is 1. The van der Waals surface area contributed by atoms with Crippen molar-refractivity contribution in [2.75, 3.05) is 49.6 Å². The van der Waals surface area contributed by atoms with Gasteiger partial charge in [0.25, 0.3) is 0 Å². The Morgan fingerprint density at radius 1 is 1.25 bits per heavy atom. The minimum absolute atomic E-state index is 0.0456. The Labute approximate surface area is 120 Å². The van der Waals surface area contributed by atoms with E-state index in [2.05, 4.69) is 10.2 Å². The summed E-state index contributed by atoms with van der Waals surface area (Å²) in [7, 11) is 0. The van der Waals surface area contributed by atoms with Crippen LogP contribution in [-0.2, 0) is 4.74 Å². The fraction of sp³-hybridized carbons (Fsp3) is 0.533. The molecule has 0 aliphatic carbocycles. The number of para-hydroxylation sites is 2. The van der Waals surface area contributed by atoms with Gasteiger partial charge < -0.3 is 19.9 Å². The number of anilines is 2. The predicted molar refractivity (Wildman–Crippen MR) is 81.4 cm³/mol. The fourth-order valence-electron chi connectivity index (χ4n) is 2.36. The molecule has 1 fully saturated rings. The van der Waals surface area contributed by atoms with Crippen molar-refractivity contribution in [1.29, 1.82) is 0 Å². The number of carbonyl (C=O) groups excluding carboxylic acids is 1. The average Bonchev–Trinajstić information content (AvgIpc) is 2.50. The Morgan fingerprint density at radius 2 is 1.90 bits per heavy atom. The van der Waals surface area contributed by atoms with Crippen molar-refractivity contribution in [1.82, 2.24) is 4.90 Å². The maximum Gasteiger partial charge on any atom is 0.321 e. The molecule has 110 valence electrons. The van der Waals surface area contributed by atoms with Crippen LogP contribution < -0.4 is 10.2 Å². The second-order valence-electron chi connectivity index (χ2n) is 4.72. The first-order chi connectivity index (χ1) is 9.76. The molecule has 2 amide bonds. The maximum absolute atomic E-state index is 12.2. The van der Waals surface area contributed by atoms with Gasteiger partial charge in [0.1, 0.15) is 0 Å². The molecule has 0 atom stereocenters. The van der Waals surface area contributed by atoms with E-state index in [0.29, 0.717) is 13.1 Å². The Kier molecular flexibility index (Phi) is 5.24. The lowest BCUT2D eigenvalue weighted by Crippen LogP contribution is -2.38. The lowest BCUT2D eigenvalue weighted by Gasteiger charge is -2.31. The number of nitrogens with zero attached hydrogens (tertiary/aromatic N) is 2. The molecule has 0 saturated carbocycles. The molecule has 0 spiro atoms. The summed E-state index contributed by atoms with van der Waals surface area (Å²) in [5.74, 6) is 0. The lowest BCUT2D eigenvalue weighted by molar-refractivity contribution is 0.123. The van der Waals surface area contributed by atoms with E-state index in [4.69, 9.17) is 4.74 Å². The van der Waals surface area contributed by atoms with Gasteiger partial charge in [0.15, 0.2) is 0 Å². The summed E-state index contributed by atoms with van der Waals surface area (Å²) in [6.07, 6.45) is 0. The van der Waals surface area contributed by atoms with Crippen LogP contribution in [-0.4, -0.2) is 50.3 Å². The van der Waals surface area contributed by atoms with Crippen LogP contribution in [0.4, 0.5) is 16.2 Å². The monoisotopic (exact) mass is 277 g/mol. The van der Waals surface area contributed by atoms with E-state index in [1.54, 1.807) is 4.90 Å². The Morgan fingerprint density at radius 3 is 2.55 bits per heavy atom. The SMILES string of the molecule is CCN(CC)C(=O)Nc1ccccc1N1CCOCC1. The third kappa shape index (κ3) is 3.42. The van der Waals surface area contributed by atoms with E-state index in [1.807, 2.05) is 38.1 Å². The van der Waals surface area contributed by atoms with Crippen molar-refractivity contribution in [3.05, 3.63) is 24.3 Å². The summed E-state index contributed by atoms with van der Waals surface area (Å²) in [6, 6.07) is 7.89. The molecule has 1 heterocycles. The van der Waals surface area contributed by atoms with Crippen molar-refractivity contribution in [2.24, 2.45) is 0 Å². The van der Waals surface area contributed by atoms with Gasteiger partial charge in [0, 0.05) is 26.2 Å². The number of carbonyl (C=O) groups is 1. The Hall–Kier alpha value is -1.75. The molecule has 1 N–H and O–H groups in total. The third-order valence-electron chi connectivity index (χ3n) is 3.55. The summed E-state index contributed by atoms with van der Waals surface area (Å²) in [4.78, 5) is 16.2. The van der Waals surface area contributed by atoms with Gasteiger partial charge in [0.2, 0.25) is 0 Å². The van der Waals surface area contributed by atoms with E-state index in [9.17, 15) is 4.79 Å². The molecule has 0 unspecified atom stereocenters. The zero-order chi connectivity index (χ0) is 14.4. The molecule has 0 bridgehead atoms. The molecule has 1 aliphatic heterocycles. The number of hydrogen-bond donors (Lipinski definition) is 1. The molecule has 5 nitrogen and oxygen atoms in total. The highest BCUT2D eigenvalue weighted by molar-refractivity contribution is 5.93. The van der Waals surface area contributed by atoms with Crippen LogP contribution in [0.15, 0.2) is 24.3 Å². The quantitative estimate of drug-likeness (QED) is 0.919. The van der Waals surface area contributed by atoms with Crippen LogP contribution in [0.1, 0.15) is 13.8 Å². The number of rotatable bonds is 4. The van der Waals surface area contributed by atoms with E-state index in [1.165, 1.54) is 0 Å². The van der Waals surface area contributed by atoms with E-state index in [0.717, 1.165) is 37.7 Å². The normalized spacial score (nSPS) is 15.0. The topological polar surface area (TPSA) is 44.8 Å². The van der Waals surface area contributed by atoms with Crippen LogP contribution in [0.3, 0.4) is 0 Å². The molecule has 1 aliphatic rings. The summed E-state index contributed by atoms with van der Waals surface area (Å²) in [5, 5.41) is 3.01. The zero-order valence-electron chi connectivity index (χ0n) is 12.3. The molecular weight excluding hydrogens is 254 g/mol. The molecular formula is C15H23N3O2. The van der Waals surface area contributed by atoms with Crippen molar-refractivity contribution < 1.29 is 9.53 Å². The van der Waals surface area contributed by atoms with Crippen LogP contribution in [0.2, 0.25) is 0 Å². The number of amides is 2. The average molecular weight is 277 g/mol. The first-order valence-corrected chi connectivity index (χ1v) is 7.24. The highest BCUT2D eigenvalue weighted by atomic mass is 16.5. The fourth-order valence-corrected chi connectivity index (χ4v) is 2.36. The minimum Gasteiger partial charge on any atom is -0.378 e. The summed E-state index contributed by atoms with van der Waals surface area (Å²) in [6.45, 7) is 8.57. The number of hydrogen-bond acceptors (Lipinski definition) is 3. The Balaban J connectivity index is 2.13. The largest absolute Gasteiger partial charge is 0.378 e. The first-order valence-electron chi connectivity index (χ1n) is 7.24. The second-order valence-corrected chi connectivity index (χ2v) is 4.72. The molecule has 5 heteroatoms. The number of ether oxygens (including phenoxy) is 1. The van der Waals surface area contributed by atoms with Gasteiger partial charge in [-0.05, 0) is 26.0 Å². The molecule has 1 saturated heterocycles. The summed E-state index contributed by atoms with van der Waals surface area (Å²) < 4.78 is 5.38. The van der Waals surface area contributed by atoms with Crippen LogP contribution >= 0.6 is 0 Å². The number of nitrogens with one attached hydrogen (secondary N) is 1. The van der Waals surface area contributed by atoms with Crippen molar-refractivity contribution in [2.45, 2.75) is 13.8 Å². The first kappa shape index (κ1) is 14.7. The molecule has 0 aromatic heterocycles. The highest BCUT2D eigenvalue weighted by Gasteiger charge is 2.17. The van der Waals surface area contributed by atoms with Gasteiger partial charge in [0.05, 0.1) is 24.6 Å². The van der Waals surface area contributed by atoms with Gasteiger partial charge in [-0.3, -0.25) is 0 Å². The van der Waals surface area contributed by atoms with Gasteiger partial charge in [-0.2, -0.15) is 0 Å². The molecule has 1 aromatic carbocycles. The van der Waals surface area contributed by atoms with Crippen LogP contribution in [0.25, 0.3) is 0 Å². The van der Waals surface area contributed by atoms with Crippen molar-refractivity contribution in [3.63, 3.8) is 0 Å². The lowest BCUT2D eigenvalue weighted by atomic mass is 10.2. The van der Waals surface area contributed by atoms with E-state index < -0.39 is 0 Å². The molecule has 20 heavy (non-hydrogen) atoms. The highest BCUT2D eigenvalue weighted by Crippen LogP contribution is 2.26. The summed E-state index contributed by atoms with van der Waals surface area (Å²) >= 11 is 0. The van der Waals surface area contributed by atoms with Gasteiger partial charge >= 0.3 is 6.03 Å². The molecule has 2 rings (SSSR count). The van der Waals surface area contributed by atoms with E-state index >= 15 is 0 Å². The van der Waals surface area contributed by atoms with Gasteiger partial charge in [-0.15, -0.1) is 0 Å². The third-order valence-corrected chi connectivity index (χ3v) is 3.55. The van der Waals surface area contributed by atoms with Gasteiger partial charge in [-0.25, -0.2) is 4.79 Å². The molecule has 0 radical (unpaired) electrons. The second kappa shape index (κ2) is 7.14. The zero-order valence-corrected chi connectivity index (χ0v) is 12.3. The Bertz CT molecular complexity index is 440. The van der Waals surface area contributed by atoms with Crippen LogP contribution in [0.5, 0.6) is 0 Å². The van der Waals surface area contributed by atoms with Crippen LogP contribution in [0, 0.1) is 0 Å². The van der Waals surface area contributed by atoms with Gasteiger partial charge in [-0.1, -0.05) is 12.1 Å². The minimum atomic E-state index is -0.0456. The predicted octanol–water partition coefficient (Wildman–Crippen LogP) is 2.40. The standard InChI is InChI=1S/C15H23N3O2/c1-3-17(4-2)15(19)16-13-7-5-6-8-14(13)18-9-11-20-12-10-18/h5-8H,3-4,9-12H2,1-2H3,(H,16,19). The smallest absolute Gasteiger partial charge is 0.321 e.